The SMILES string of the molecule is C[C@@H](O)[C@H](N=Cc1ccc(C(=N)N)cc1O)C(=O)O. The molecule has 19 heavy (non-hydrogen) atoms. The van der Waals surface area contributed by atoms with Crippen molar-refractivity contribution >= 4 is 18.0 Å². The van der Waals surface area contributed by atoms with Gasteiger partial charge in [-0.3, -0.25) is 10.4 Å². The summed E-state index contributed by atoms with van der Waals surface area (Å²) >= 11 is 0. The lowest BCUT2D eigenvalue weighted by molar-refractivity contribution is -0.140. The number of aliphatic hydroxyl groups is 1. The zero-order valence-corrected chi connectivity index (χ0v) is 10.2. The molecule has 0 bridgehead atoms. The molecule has 1 aromatic rings. The van der Waals surface area contributed by atoms with E-state index in [0.29, 0.717) is 5.56 Å². The Hall–Kier alpha value is -2.41. The number of aliphatic carboxylic acids is 1. The Balaban J connectivity index is 2.99. The van der Waals surface area contributed by atoms with Gasteiger partial charge in [-0.05, 0) is 19.1 Å². The van der Waals surface area contributed by atoms with E-state index in [1.807, 2.05) is 0 Å². The van der Waals surface area contributed by atoms with Gasteiger partial charge in [0.2, 0.25) is 0 Å². The number of nitrogens with one attached hydrogen (secondary N) is 1. The summed E-state index contributed by atoms with van der Waals surface area (Å²) in [5.74, 6) is -1.62. The summed E-state index contributed by atoms with van der Waals surface area (Å²) in [4.78, 5) is 14.5. The van der Waals surface area contributed by atoms with Crippen molar-refractivity contribution in [3.05, 3.63) is 29.3 Å². The van der Waals surface area contributed by atoms with Gasteiger partial charge in [-0.25, -0.2) is 4.79 Å². The smallest absolute Gasteiger partial charge is 0.331 e. The first-order chi connectivity index (χ1) is 8.82. The van der Waals surface area contributed by atoms with Crippen LogP contribution in [-0.2, 0) is 4.79 Å². The number of aromatic hydroxyl groups is 1. The largest absolute Gasteiger partial charge is 0.507 e. The number of benzene rings is 1. The predicted octanol–water partition coefficient (Wildman–Crippen LogP) is -0.0708. The molecule has 0 fully saturated rings. The predicted molar refractivity (Wildman–Crippen MR) is 69.8 cm³/mol. The molecule has 0 aliphatic heterocycles. The normalized spacial score (nSPS) is 14.2. The molecule has 1 rings (SSSR count). The van der Waals surface area contributed by atoms with E-state index in [-0.39, 0.29) is 17.1 Å². The average molecular weight is 265 g/mol. The van der Waals surface area contributed by atoms with Crippen LogP contribution in [0.25, 0.3) is 0 Å². The molecule has 0 saturated carbocycles. The fraction of sp³-hybridized carbons (Fsp3) is 0.250. The lowest BCUT2D eigenvalue weighted by Gasteiger charge is -2.10. The molecule has 0 aromatic heterocycles. The molecular formula is C12H15N3O4. The summed E-state index contributed by atoms with van der Waals surface area (Å²) in [5.41, 5.74) is 5.88. The third-order valence-electron chi connectivity index (χ3n) is 2.43. The van der Waals surface area contributed by atoms with Crippen molar-refractivity contribution in [2.75, 3.05) is 0 Å². The molecular weight excluding hydrogens is 250 g/mol. The molecule has 102 valence electrons. The number of aliphatic imine (C=N–C) groups is 1. The number of phenolic OH excluding ortho intramolecular Hbond substituents is 1. The highest BCUT2D eigenvalue weighted by Crippen LogP contribution is 2.17. The van der Waals surface area contributed by atoms with Gasteiger partial charge in [0.05, 0.1) is 6.10 Å². The quantitative estimate of drug-likeness (QED) is 0.374. The first-order valence-corrected chi connectivity index (χ1v) is 5.44. The summed E-state index contributed by atoms with van der Waals surface area (Å²) in [6, 6.07) is 2.94. The van der Waals surface area contributed by atoms with Crippen molar-refractivity contribution in [2.24, 2.45) is 10.7 Å². The van der Waals surface area contributed by atoms with Crippen LogP contribution in [0.3, 0.4) is 0 Å². The van der Waals surface area contributed by atoms with Gasteiger partial charge in [0.1, 0.15) is 11.6 Å². The Morgan fingerprint density at radius 1 is 1.53 bits per heavy atom. The molecule has 0 spiro atoms. The molecule has 0 aliphatic rings. The summed E-state index contributed by atoms with van der Waals surface area (Å²) < 4.78 is 0. The monoisotopic (exact) mass is 265 g/mol. The molecule has 0 amide bonds. The minimum absolute atomic E-state index is 0.175. The maximum atomic E-state index is 10.8. The van der Waals surface area contributed by atoms with Gasteiger partial charge < -0.3 is 21.1 Å². The molecule has 0 unspecified atom stereocenters. The first-order valence-electron chi connectivity index (χ1n) is 5.44. The van der Waals surface area contributed by atoms with E-state index in [1.165, 1.54) is 25.1 Å². The Labute approximate surface area is 109 Å². The Kier molecular flexibility index (Phi) is 4.60. The summed E-state index contributed by atoms with van der Waals surface area (Å²) in [5, 5.41) is 35.0. The number of nitrogen functional groups attached to an aromatic ring is 1. The molecule has 7 nitrogen and oxygen atoms in total. The van der Waals surface area contributed by atoms with Gasteiger partial charge >= 0.3 is 5.97 Å². The zero-order chi connectivity index (χ0) is 14.6. The summed E-state index contributed by atoms with van der Waals surface area (Å²) in [6.07, 6.45) is 0.0116. The average Bonchev–Trinajstić information content (AvgIpc) is 2.29. The molecule has 2 atom stereocenters. The van der Waals surface area contributed by atoms with Gasteiger partial charge in [-0.2, -0.15) is 0 Å². The molecule has 0 heterocycles. The van der Waals surface area contributed by atoms with Gasteiger partial charge in [0, 0.05) is 17.3 Å². The number of nitrogens with two attached hydrogens (primary N) is 1. The number of hydrogen-bond donors (Lipinski definition) is 5. The van der Waals surface area contributed by atoms with Crippen LogP contribution >= 0.6 is 0 Å². The van der Waals surface area contributed by atoms with Crippen LogP contribution in [0.15, 0.2) is 23.2 Å². The molecule has 7 heteroatoms. The second-order valence-electron chi connectivity index (χ2n) is 3.99. The molecule has 1 aromatic carbocycles. The van der Waals surface area contributed by atoms with E-state index in [9.17, 15) is 15.0 Å². The topological polar surface area (TPSA) is 140 Å². The maximum Gasteiger partial charge on any atom is 0.331 e. The number of phenols is 1. The summed E-state index contributed by atoms with van der Waals surface area (Å²) in [7, 11) is 0. The van der Waals surface area contributed by atoms with Crippen LogP contribution in [0.2, 0.25) is 0 Å². The van der Waals surface area contributed by atoms with E-state index in [0.717, 1.165) is 6.21 Å². The standard InChI is InChI=1S/C12H15N3O4/c1-6(16)10(12(18)19)15-5-8-3-2-7(11(13)14)4-9(8)17/h2-6,10,16-17H,1H3,(H3,13,14)(H,18,19)/t6-,10+/m1/s1. The zero-order valence-electron chi connectivity index (χ0n) is 10.2. The molecule has 0 radical (unpaired) electrons. The van der Waals surface area contributed by atoms with E-state index >= 15 is 0 Å². The Morgan fingerprint density at radius 3 is 2.58 bits per heavy atom. The highest BCUT2D eigenvalue weighted by atomic mass is 16.4. The second-order valence-corrected chi connectivity index (χ2v) is 3.99. The lowest BCUT2D eigenvalue weighted by Crippen LogP contribution is -2.29. The summed E-state index contributed by atoms with van der Waals surface area (Å²) in [6.45, 7) is 1.31. The minimum atomic E-state index is -1.30. The van der Waals surface area contributed by atoms with Crippen molar-refractivity contribution in [2.45, 2.75) is 19.1 Å². The van der Waals surface area contributed by atoms with E-state index in [1.54, 1.807) is 0 Å². The molecule has 0 aliphatic carbocycles. The third kappa shape index (κ3) is 3.78. The lowest BCUT2D eigenvalue weighted by atomic mass is 10.1. The fourth-order valence-electron chi connectivity index (χ4n) is 1.38. The van der Waals surface area contributed by atoms with Gasteiger partial charge in [0.25, 0.3) is 0 Å². The number of nitrogens with zero attached hydrogens (tertiary/aromatic N) is 1. The van der Waals surface area contributed by atoms with Gasteiger partial charge in [-0.1, -0.05) is 6.07 Å². The maximum absolute atomic E-state index is 10.8. The van der Waals surface area contributed by atoms with Crippen LogP contribution in [0.4, 0.5) is 0 Å². The van der Waals surface area contributed by atoms with Crippen molar-refractivity contribution in [1.29, 1.82) is 5.41 Å². The third-order valence-corrected chi connectivity index (χ3v) is 2.43. The van der Waals surface area contributed by atoms with Gasteiger partial charge in [-0.15, -0.1) is 0 Å². The van der Waals surface area contributed by atoms with Crippen LogP contribution in [-0.4, -0.2) is 45.5 Å². The van der Waals surface area contributed by atoms with E-state index in [2.05, 4.69) is 4.99 Å². The van der Waals surface area contributed by atoms with Crippen molar-refractivity contribution < 1.29 is 20.1 Å². The van der Waals surface area contributed by atoms with E-state index < -0.39 is 18.1 Å². The number of amidine groups is 1. The van der Waals surface area contributed by atoms with Crippen LogP contribution < -0.4 is 5.73 Å². The van der Waals surface area contributed by atoms with Crippen molar-refractivity contribution in [3.63, 3.8) is 0 Å². The highest BCUT2D eigenvalue weighted by Gasteiger charge is 2.21. The number of carboxylic acids is 1. The van der Waals surface area contributed by atoms with Gasteiger partial charge in [0.15, 0.2) is 6.04 Å². The molecule has 6 N–H and O–H groups in total. The number of aliphatic hydroxyl groups excluding tert-OH is 1. The van der Waals surface area contributed by atoms with Crippen LogP contribution in [0.1, 0.15) is 18.1 Å². The van der Waals surface area contributed by atoms with Crippen molar-refractivity contribution in [1.82, 2.24) is 0 Å². The number of carboxylic acid groups (broad SMARTS) is 1. The van der Waals surface area contributed by atoms with Crippen molar-refractivity contribution in [3.8, 4) is 5.75 Å². The van der Waals surface area contributed by atoms with E-state index in [4.69, 9.17) is 16.2 Å². The minimum Gasteiger partial charge on any atom is -0.507 e. The first kappa shape index (κ1) is 14.7. The Bertz CT molecular complexity index is 526. The fourth-order valence-corrected chi connectivity index (χ4v) is 1.38. The molecule has 0 saturated heterocycles. The van der Waals surface area contributed by atoms with Crippen LogP contribution in [0.5, 0.6) is 5.75 Å². The number of carbonyl (C=O) groups is 1. The highest BCUT2D eigenvalue weighted by molar-refractivity contribution is 5.96. The second kappa shape index (κ2) is 5.96. The number of hydrogen-bond acceptors (Lipinski definition) is 5. The number of rotatable bonds is 5. The van der Waals surface area contributed by atoms with Crippen LogP contribution in [0, 0.1) is 5.41 Å². The Morgan fingerprint density at radius 2 is 2.16 bits per heavy atom.